The van der Waals surface area contributed by atoms with Crippen LogP contribution in [0.5, 0.6) is 0 Å². The van der Waals surface area contributed by atoms with E-state index in [0.29, 0.717) is 28.2 Å². The van der Waals surface area contributed by atoms with Crippen molar-refractivity contribution >= 4 is 17.5 Å². The molecule has 0 saturated heterocycles. The van der Waals surface area contributed by atoms with Gasteiger partial charge in [-0.15, -0.1) is 0 Å². The lowest BCUT2D eigenvalue weighted by Gasteiger charge is -2.12. The smallest absolute Gasteiger partial charge is 0.257 e. The number of aromatic nitrogens is 1. The highest BCUT2D eigenvalue weighted by atomic mass is 19.1. The Morgan fingerprint density at radius 3 is 2.25 bits per heavy atom. The van der Waals surface area contributed by atoms with E-state index >= 15 is 0 Å². The van der Waals surface area contributed by atoms with Crippen LogP contribution in [0.2, 0.25) is 0 Å². The maximum absolute atomic E-state index is 14.2. The minimum atomic E-state index is -0.350. The van der Waals surface area contributed by atoms with Gasteiger partial charge in [0.15, 0.2) is 0 Å². The minimum Gasteiger partial charge on any atom is -0.345 e. The molecule has 1 N–H and O–H groups in total. The van der Waals surface area contributed by atoms with Crippen molar-refractivity contribution in [3.63, 3.8) is 0 Å². The van der Waals surface area contributed by atoms with Crippen LogP contribution < -0.4 is 5.32 Å². The molecule has 3 rings (SSSR count). The molecule has 0 aliphatic heterocycles. The third-order valence-electron chi connectivity index (χ3n) is 4.57. The summed E-state index contributed by atoms with van der Waals surface area (Å²) in [4.78, 5) is 26.2. The molecule has 0 bridgehead atoms. The van der Waals surface area contributed by atoms with Gasteiger partial charge in [0.25, 0.3) is 11.8 Å². The number of rotatable bonds is 4. The second-order valence-corrected chi connectivity index (χ2v) is 6.80. The minimum absolute atomic E-state index is 0.105. The summed E-state index contributed by atoms with van der Waals surface area (Å²) in [6, 6.07) is 14.9. The van der Waals surface area contributed by atoms with Crippen molar-refractivity contribution in [2.45, 2.75) is 13.8 Å². The van der Waals surface area contributed by atoms with Gasteiger partial charge in [-0.1, -0.05) is 12.1 Å². The topological polar surface area (TPSA) is 54.3 Å². The van der Waals surface area contributed by atoms with Gasteiger partial charge in [0.05, 0.1) is 11.3 Å². The molecule has 2 aromatic carbocycles. The van der Waals surface area contributed by atoms with Gasteiger partial charge in [0.2, 0.25) is 0 Å². The summed E-state index contributed by atoms with van der Waals surface area (Å²) >= 11 is 0. The number of hydrogen-bond donors (Lipinski definition) is 1. The number of aryl methyl sites for hydroxylation is 1. The van der Waals surface area contributed by atoms with E-state index in [2.05, 4.69) is 5.32 Å². The number of carbonyl (C=O) groups excluding carboxylic acids is 2. The first-order valence-electron chi connectivity index (χ1n) is 8.86. The highest BCUT2D eigenvalue weighted by Gasteiger charge is 2.18. The predicted molar refractivity (Wildman–Crippen MR) is 108 cm³/mol. The van der Waals surface area contributed by atoms with Gasteiger partial charge in [0.1, 0.15) is 5.82 Å². The summed E-state index contributed by atoms with van der Waals surface area (Å²) < 4.78 is 15.9. The lowest BCUT2D eigenvalue weighted by Crippen LogP contribution is -2.21. The molecular weight excluding hydrogens is 357 g/mol. The second kappa shape index (κ2) is 7.68. The van der Waals surface area contributed by atoms with E-state index < -0.39 is 0 Å². The molecule has 2 amide bonds. The van der Waals surface area contributed by atoms with Crippen LogP contribution in [0.3, 0.4) is 0 Å². The molecule has 0 radical (unpaired) electrons. The molecule has 0 aliphatic carbocycles. The largest absolute Gasteiger partial charge is 0.345 e. The van der Waals surface area contributed by atoms with Gasteiger partial charge in [-0.3, -0.25) is 9.59 Å². The Balaban J connectivity index is 1.85. The van der Waals surface area contributed by atoms with Crippen LogP contribution in [0.25, 0.3) is 5.69 Å². The summed E-state index contributed by atoms with van der Waals surface area (Å²) in [5, 5.41) is 2.83. The third kappa shape index (κ3) is 3.67. The molecule has 28 heavy (non-hydrogen) atoms. The fourth-order valence-corrected chi connectivity index (χ4v) is 3.15. The van der Waals surface area contributed by atoms with Crippen molar-refractivity contribution in [2.24, 2.45) is 0 Å². The summed E-state index contributed by atoms with van der Waals surface area (Å²) in [6.07, 6.45) is 0. The SMILES string of the molecule is Cc1cc(C(=O)Nc2ccc(C(=O)N(C)C)cc2)c(C)n1-c1ccccc1F. The molecule has 3 aromatic rings. The molecule has 0 fully saturated rings. The van der Waals surface area contributed by atoms with Crippen LogP contribution in [-0.2, 0) is 0 Å². The fraction of sp³-hybridized carbons (Fsp3) is 0.182. The lowest BCUT2D eigenvalue weighted by molar-refractivity contribution is 0.0827. The van der Waals surface area contributed by atoms with E-state index in [9.17, 15) is 14.0 Å². The standard InChI is InChI=1S/C22H22FN3O2/c1-14-13-18(15(2)26(14)20-8-6-5-7-19(20)23)21(27)24-17-11-9-16(10-12-17)22(28)25(3)4/h5-13H,1-4H3,(H,24,27). The maximum atomic E-state index is 14.2. The van der Waals surface area contributed by atoms with Crippen LogP contribution in [0, 0.1) is 19.7 Å². The molecule has 0 aliphatic rings. The number of benzene rings is 2. The third-order valence-corrected chi connectivity index (χ3v) is 4.57. The molecule has 0 spiro atoms. The van der Waals surface area contributed by atoms with E-state index in [1.807, 2.05) is 6.92 Å². The Kier molecular flexibility index (Phi) is 5.31. The van der Waals surface area contributed by atoms with Crippen molar-refractivity contribution in [2.75, 3.05) is 19.4 Å². The monoisotopic (exact) mass is 379 g/mol. The van der Waals surface area contributed by atoms with Gasteiger partial charge in [-0.2, -0.15) is 0 Å². The maximum Gasteiger partial charge on any atom is 0.257 e. The van der Waals surface area contributed by atoms with Crippen molar-refractivity contribution in [1.29, 1.82) is 0 Å². The Bertz CT molecular complexity index is 1040. The number of amides is 2. The highest BCUT2D eigenvalue weighted by molar-refractivity contribution is 6.05. The van der Waals surface area contributed by atoms with Crippen molar-refractivity contribution in [3.05, 3.63) is 82.9 Å². The van der Waals surface area contributed by atoms with Gasteiger partial charge < -0.3 is 14.8 Å². The van der Waals surface area contributed by atoms with Crippen molar-refractivity contribution in [3.8, 4) is 5.69 Å². The number of carbonyl (C=O) groups is 2. The average Bonchev–Trinajstić information content (AvgIpc) is 2.96. The lowest BCUT2D eigenvalue weighted by atomic mass is 10.1. The first-order chi connectivity index (χ1) is 13.3. The number of anilines is 1. The summed E-state index contributed by atoms with van der Waals surface area (Å²) in [5.74, 6) is -0.744. The van der Waals surface area contributed by atoms with Crippen molar-refractivity contribution < 1.29 is 14.0 Å². The Labute approximate surface area is 163 Å². The molecule has 1 heterocycles. The molecule has 0 saturated carbocycles. The Hall–Kier alpha value is -3.41. The van der Waals surface area contributed by atoms with Crippen LogP contribution >= 0.6 is 0 Å². The zero-order valence-corrected chi connectivity index (χ0v) is 16.3. The zero-order valence-electron chi connectivity index (χ0n) is 16.3. The van der Waals surface area contributed by atoms with Gasteiger partial charge in [0, 0.05) is 36.7 Å². The molecule has 144 valence electrons. The summed E-state index contributed by atoms with van der Waals surface area (Å²) in [6.45, 7) is 3.62. The van der Waals surface area contributed by atoms with Crippen LogP contribution in [0.15, 0.2) is 54.6 Å². The van der Waals surface area contributed by atoms with Crippen LogP contribution in [0.1, 0.15) is 32.1 Å². The molecule has 0 unspecified atom stereocenters. The Morgan fingerprint density at radius 2 is 1.64 bits per heavy atom. The number of para-hydroxylation sites is 1. The first kappa shape index (κ1) is 19.4. The van der Waals surface area contributed by atoms with Gasteiger partial charge >= 0.3 is 0 Å². The number of halogens is 1. The van der Waals surface area contributed by atoms with E-state index in [1.54, 1.807) is 74.1 Å². The molecule has 1 aromatic heterocycles. The summed E-state index contributed by atoms with van der Waals surface area (Å²) in [7, 11) is 3.37. The highest BCUT2D eigenvalue weighted by Crippen LogP contribution is 2.23. The van der Waals surface area contributed by atoms with Gasteiger partial charge in [-0.25, -0.2) is 4.39 Å². The number of nitrogens with zero attached hydrogens (tertiary/aromatic N) is 2. The molecule has 0 atom stereocenters. The number of nitrogens with one attached hydrogen (secondary N) is 1. The van der Waals surface area contributed by atoms with E-state index in [1.165, 1.54) is 11.0 Å². The predicted octanol–water partition coefficient (Wildman–Crippen LogP) is 4.19. The van der Waals surface area contributed by atoms with E-state index in [0.717, 1.165) is 5.69 Å². The first-order valence-corrected chi connectivity index (χ1v) is 8.86. The van der Waals surface area contributed by atoms with Crippen molar-refractivity contribution in [1.82, 2.24) is 9.47 Å². The van der Waals surface area contributed by atoms with Crippen LogP contribution in [-0.4, -0.2) is 35.4 Å². The fourth-order valence-electron chi connectivity index (χ4n) is 3.15. The zero-order chi connectivity index (χ0) is 20.4. The molecule has 5 nitrogen and oxygen atoms in total. The summed E-state index contributed by atoms with van der Waals surface area (Å²) in [5.41, 5.74) is 3.41. The quantitative estimate of drug-likeness (QED) is 0.739. The Morgan fingerprint density at radius 1 is 1.00 bits per heavy atom. The van der Waals surface area contributed by atoms with E-state index in [4.69, 9.17) is 0 Å². The molecular formula is C22H22FN3O2. The second-order valence-electron chi connectivity index (χ2n) is 6.80. The van der Waals surface area contributed by atoms with Gasteiger partial charge in [-0.05, 0) is 56.3 Å². The molecule has 6 heteroatoms. The van der Waals surface area contributed by atoms with Crippen LogP contribution in [0.4, 0.5) is 10.1 Å². The normalized spacial score (nSPS) is 10.6. The number of hydrogen-bond acceptors (Lipinski definition) is 2. The average molecular weight is 379 g/mol. The van der Waals surface area contributed by atoms with E-state index in [-0.39, 0.29) is 17.6 Å².